The van der Waals surface area contributed by atoms with Gasteiger partial charge in [-0.25, -0.2) is 9.97 Å². The molecule has 0 radical (unpaired) electrons. The molecule has 110 valence electrons. The summed E-state index contributed by atoms with van der Waals surface area (Å²) in [4.78, 5) is 14.4. The molecule has 0 spiro atoms. The lowest BCUT2D eigenvalue weighted by Crippen LogP contribution is -1.91. The Bertz CT molecular complexity index is 890. The lowest BCUT2D eigenvalue weighted by molar-refractivity contribution is 0.379. The van der Waals surface area contributed by atoms with E-state index in [1.807, 2.05) is 47.4 Å². The van der Waals surface area contributed by atoms with Crippen molar-refractivity contribution in [2.75, 3.05) is 0 Å². The maximum Gasteiger partial charge on any atom is 0.227 e. The SMILES string of the molecule is Cc1ncsc1CCc1nc(-c2cn3ccccc3n2)no1. The lowest BCUT2D eigenvalue weighted by atomic mass is 10.2. The zero-order chi connectivity index (χ0) is 14.9. The Morgan fingerprint density at radius 2 is 2.18 bits per heavy atom. The van der Waals surface area contributed by atoms with Gasteiger partial charge in [0.15, 0.2) is 0 Å². The van der Waals surface area contributed by atoms with E-state index in [1.165, 1.54) is 4.88 Å². The number of fused-ring (bicyclic) bond motifs is 1. The maximum atomic E-state index is 5.33. The summed E-state index contributed by atoms with van der Waals surface area (Å²) in [5.74, 6) is 1.15. The van der Waals surface area contributed by atoms with E-state index in [4.69, 9.17) is 4.52 Å². The zero-order valence-corrected chi connectivity index (χ0v) is 12.7. The van der Waals surface area contributed by atoms with Crippen molar-refractivity contribution in [1.29, 1.82) is 0 Å². The number of pyridine rings is 1. The minimum absolute atomic E-state index is 0.528. The van der Waals surface area contributed by atoms with Gasteiger partial charge in [-0.2, -0.15) is 4.98 Å². The summed E-state index contributed by atoms with van der Waals surface area (Å²) in [5.41, 5.74) is 4.52. The third-order valence-electron chi connectivity index (χ3n) is 3.47. The van der Waals surface area contributed by atoms with Gasteiger partial charge in [0.05, 0.1) is 11.2 Å². The first-order valence-electron chi connectivity index (χ1n) is 6.95. The fourth-order valence-corrected chi connectivity index (χ4v) is 3.07. The number of hydrogen-bond acceptors (Lipinski definition) is 6. The van der Waals surface area contributed by atoms with Crippen LogP contribution in [-0.4, -0.2) is 24.5 Å². The molecule has 4 rings (SSSR count). The van der Waals surface area contributed by atoms with E-state index in [2.05, 4.69) is 20.1 Å². The molecule has 0 unspecified atom stereocenters. The average Bonchev–Trinajstić information content (AvgIpc) is 3.24. The Morgan fingerprint density at radius 1 is 1.23 bits per heavy atom. The lowest BCUT2D eigenvalue weighted by Gasteiger charge is -1.93. The molecule has 0 aliphatic heterocycles. The predicted octanol–water partition coefficient (Wildman–Crippen LogP) is 2.93. The summed E-state index contributed by atoms with van der Waals surface area (Å²) in [7, 11) is 0. The van der Waals surface area contributed by atoms with Crippen LogP contribution >= 0.6 is 11.3 Å². The van der Waals surface area contributed by atoms with Crippen molar-refractivity contribution in [3.63, 3.8) is 0 Å². The monoisotopic (exact) mass is 311 g/mol. The van der Waals surface area contributed by atoms with Gasteiger partial charge in [-0.3, -0.25) is 0 Å². The molecule has 0 saturated carbocycles. The third-order valence-corrected chi connectivity index (χ3v) is 4.47. The minimum Gasteiger partial charge on any atom is -0.339 e. The molecule has 7 heteroatoms. The number of aromatic nitrogens is 5. The van der Waals surface area contributed by atoms with Gasteiger partial charge in [0, 0.05) is 23.7 Å². The van der Waals surface area contributed by atoms with Crippen molar-refractivity contribution < 1.29 is 4.52 Å². The molecule has 0 fully saturated rings. The highest BCUT2D eigenvalue weighted by atomic mass is 32.1. The van der Waals surface area contributed by atoms with Crippen molar-refractivity contribution in [2.45, 2.75) is 19.8 Å². The topological polar surface area (TPSA) is 69.1 Å². The number of hydrogen-bond donors (Lipinski definition) is 0. The van der Waals surface area contributed by atoms with Crippen LogP contribution in [0.5, 0.6) is 0 Å². The fraction of sp³-hybridized carbons (Fsp3) is 0.200. The number of thiazole rings is 1. The predicted molar refractivity (Wildman–Crippen MR) is 82.7 cm³/mol. The normalized spacial score (nSPS) is 11.3. The molecule has 4 heterocycles. The van der Waals surface area contributed by atoms with Crippen molar-refractivity contribution in [3.05, 3.63) is 52.6 Å². The van der Waals surface area contributed by atoms with E-state index in [9.17, 15) is 0 Å². The molecule has 6 nitrogen and oxygen atoms in total. The largest absolute Gasteiger partial charge is 0.339 e. The summed E-state index contributed by atoms with van der Waals surface area (Å²) < 4.78 is 7.26. The molecular formula is C15H13N5OS. The van der Waals surface area contributed by atoms with E-state index in [0.29, 0.717) is 18.1 Å². The van der Waals surface area contributed by atoms with Crippen molar-refractivity contribution in [3.8, 4) is 11.5 Å². The van der Waals surface area contributed by atoms with Crippen LogP contribution in [0.1, 0.15) is 16.5 Å². The number of rotatable bonds is 4. The Kier molecular flexibility index (Phi) is 3.19. The Labute approximate surface area is 130 Å². The van der Waals surface area contributed by atoms with Gasteiger partial charge in [-0.05, 0) is 25.5 Å². The molecule has 0 saturated heterocycles. The van der Waals surface area contributed by atoms with Gasteiger partial charge in [-0.15, -0.1) is 11.3 Å². The zero-order valence-electron chi connectivity index (χ0n) is 11.9. The van der Waals surface area contributed by atoms with E-state index in [0.717, 1.165) is 23.5 Å². The molecule has 0 aliphatic rings. The van der Waals surface area contributed by atoms with Crippen LogP contribution in [0.15, 0.2) is 40.6 Å². The van der Waals surface area contributed by atoms with E-state index < -0.39 is 0 Å². The highest BCUT2D eigenvalue weighted by Crippen LogP contribution is 2.18. The highest BCUT2D eigenvalue weighted by Gasteiger charge is 2.13. The van der Waals surface area contributed by atoms with Crippen molar-refractivity contribution in [1.82, 2.24) is 24.5 Å². The molecule has 22 heavy (non-hydrogen) atoms. The maximum absolute atomic E-state index is 5.33. The molecule has 0 aromatic carbocycles. The number of imidazole rings is 1. The van der Waals surface area contributed by atoms with Crippen LogP contribution in [-0.2, 0) is 12.8 Å². The molecule has 0 amide bonds. The molecule has 0 N–H and O–H groups in total. The summed E-state index contributed by atoms with van der Waals surface area (Å²) in [6.45, 7) is 2.02. The van der Waals surface area contributed by atoms with Crippen LogP contribution in [0.3, 0.4) is 0 Å². The summed E-state index contributed by atoms with van der Waals surface area (Å²) in [6.07, 6.45) is 5.42. The van der Waals surface area contributed by atoms with E-state index in [1.54, 1.807) is 11.3 Å². The second-order valence-corrected chi connectivity index (χ2v) is 5.90. The summed E-state index contributed by atoms with van der Waals surface area (Å²) in [5, 5.41) is 4.03. The summed E-state index contributed by atoms with van der Waals surface area (Å²) >= 11 is 1.66. The van der Waals surface area contributed by atoms with Gasteiger partial charge >= 0.3 is 0 Å². The van der Waals surface area contributed by atoms with Crippen LogP contribution in [0.4, 0.5) is 0 Å². The van der Waals surface area contributed by atoms with Crippen LogP contribution < -0.4 is 0 Å². The second-order valence-electron chi connectivity index (χ2n) is 4.96. The van der Waals surface area contributed by atoms with Crippen molar-refractivity contribution in [2.24, 2.45) is 0 Å². The van der Waals surface area contributed by atoms with Gasteiger partial charge in [0.2, 0.25) is 11.7 Å². The fourth-order valence-electron chi connectivity index (χ4n) is 2.29. The van der Waals surface area contributed by atoms with Gasteiger partial charge in [-0.1, -0.05) is 11.2 Å². The molecule has 4 aromatic rings. The summed E-state index contributed by atoms with van der Waals surface area (Å²) in [6, 6.07) is 5.85. The quantitative estimate of drug-likeness (QED) is 0.579. The third kappa shape index (κ3) is 2.39. The van der Waals surface area contributed by atoms with Crippen LogP contribution in [0, 0.1) is 6.92 Å². The second kappa shape index (κ2) is 5.34. The standard InChI is InChI=1S/C15H13N5OS/c1-10-12(22-9-16-10)5-6-14-18-15(19-21-14)11-8-20-7-3-2-4-13(20)17-11/h2-4,7-9H,5-6H2,1H3. The van der Waals surface area contributed by atoms with Gasteiger partial charge in [0.25, 0.3) is 0 Å². The highest BCUT2D eigenvalue weighted by molar-refractivity contribution is 7.09. The first-order chi connectivity index (χ1) is 10.8. The number of aryl methyl sites for hydroxylation is 3. The smallest absolute Gasteiger partial charge is 0.227 e. The Balaban J connectivity index is 1.54. The van der Waals surface area contributed by atoms with Gasteiger partial charge < -0.3 is 8.92 Å². The average molecular weight is 311 g/mol. The molecule has 0 atom stereocenters. The molecule has 0 aliphatic carbocycles. The first kappa shape index (κ1) is 13.1. The molecule has 4 aromatic heterocycles. The van der Waals surface area contributed by atoms with E-state index in [-0.39, 0.29) is 0 Å². The van der Waals surface area contributed by atoms with E-state index >= 15 is 0 Å². The van der Waals surface area contributed by atoms with Crippen LogP contribution in [0.25, 0.3) is 17.2 Å². The number of nitrogens with zero attached hydrogens (tertiary/aromatic N) is 5. The Hall–Kier alpha value is -2.54. The van der Waals surface area contributed by atoms with Crippen LogP contribution in [0.2, 0.25) is 0 Å². The first-order valence-corrected chi connectivity index (χ1v) is 7.83. The van der Waals surface area contributed by atoms with Gasteiger partial charge in [0.1, 0.15) is 11.3 Å². The van der Waals surface area contributed by atoms with Crippen molar-refractivity contribution >= 4 is 17.0 Å². The Morgan fingerprint density at radius 3 is 3.00 bits per heavy atom. The minimum atomic E-state index is 0.528. The molecular weight excluding hydrogens is 298 g/mol. The molecule has 0 bridgehead atoms.